The van der Waals surface area contributed by atoms with Crippen molar-refractivity contribution in [1.82, 2.24) is 4.98 Å². The van der Waals surface area contributed by atoms with Gasteiger partial charge in [0, 0.05) is 13.1 Å². The van der Waals surface area contributed by atoms with Crippen molar-refractivity contribution in [2.24, 2.45) is 0 Å². The standard InChI is InChI=1S/C15H23N3O2S/c1-10-8-18(9-11(2)20-10)14-6-5-13(7-16-14)17-15(19)12(3)21-4/h5-7,10-12H,8-9H2,1-4H3,(H,17,19). The van der Waals surface area contributed by atoms with Crippen molar-refractivity contribution in [3.63, 3.8) is 0 Å². The van der Waals surface area contributed by atoms with Crippen molar-refractivity contribution >= 4 is 29.2 Å². The zero-order valence-corrected chi connectivity index (χ0v) is 13.8. The van der Waals surface area contributed by atoms with E-state index in [1.807, 2.05) is 25.3 Å². The second-order valence-electron chi connectivity index (χ2n) is 5.43. The Hall–Kier alpha value is -1.27. The van der Waals surface area contributed by atoms with Crippen LogP contribution in [0.1, 0.15) is 20.8 Å². The molecule has 1 aromatic heterocycles. The molecule has 0 aliphatic carbocycles. The van der Waals surface area contributed by atoms with Gasteiger partial charge >= 0.3 is 0 Å². The second-order valence-corrected chi connectivity index (χ2v) is 6.61. The molecule has 5 nitrogen and oxygen atoms in total. The van der Waals surface area contributed by atoms with E-state index in [0.717, 1.165) is 24.6 Å². The van der Waals surface area contributed by atoms with Gasteiger partial charge < -0.3 is 15.0 Å². The number of anilines is 2. The van der Waals surface area contributed by atoms with Gasteiger partial charge in [0.2, 0.25) is 5.91 Å². The molecular weight excluding hydrogens is 286 g/mol. The van der Waals surface area contributed by atoms with Crippen molar-refractivity contribution in [2.45, 2.75) is 38.2 Å². The molecule has 0 bridgehead atoms. The number of pyridine rings is 1. The number of hydrogen-bond acceptors (Lipinski definition) is 5. The summed E-state index contributed by atoms with van der Waals surface area (Å²) in [5.74, 6) is 0.929. The largest absolute Gasteiger partial charge is 0.372 e. The monoisotopic (exact) mass is 309 g/mol. The van der Waals surface area contributed by atoms with Gasteiger partial charge in [-0.2, -0.15) is 11.8 Å². The van der Waals surface area contributed by atoms with Crippen LogP contribution in [0.4, 0.5) is 11.5 Å². The molecule has 1 fully saturated rings. The number of hydrogen-bond donors (Lipinski definition) is 1. The summed E-state index contributed by atoms with van der Waals surface area (Å²) in [4.78, 5) is 18.5. The predicted octanol–water partition coefficient (Wildman–Crippen LogP) is 2.39. The lowest BCUT2D eigenvalue weighted by Crippen LogP contribution is -2.45. The summed E-state index contributed by atoms with van der Waals surface area (Å²) < 4.78 is 5.72. The number of carbonyl (C=O) groups is 1. The summed E-state index contributed by atoms with van der Waals surface area (Å²) >= 11 is 1.52. The lowest BCUT2D eigenvalue weighted by molar-refractivity contribution is -0.115. The van der Waals surface area contributed by atoms with Crippen LogP contribution in [0, 0.1) is 0 Å². The number of nitrogens with one attached hydrogen (secondary N) is 1. The van der Waals surface area contributed by atoms with E-state index in [1.54, 1.807) is 6.20 Å². The first kappa shape index (κ1) is 16.1. The number of morpholine rings is 1. The third-order valence-corrected chi connectivity index (χ3v) is 4.40. The van der Waals surface area contributed by atoms with Gasteiger partial charge in [-0.3, -0.25) is 4.79 Å². The predicted molar refractivity (Wildman–Crippen MR) is 88.1 cm³/mol. The maximum atomic E-state index is 11.8. The third kappa shape index (κ3) is 4.35. The summed E-state index contributed by atoms with van der Waals surface area (Å²) in [5.41, 5.74) is 0.735. The van der Waals surface area contributed by atoms with E-state index in [-0.39, 0.29) is 23.4 Å². The van der Waals surface area contributed by atoms with Gasteiger partial charge in [-0.25, -0.2) is 4.98 Å². The van der Waals surface area contributed by atoms with Gasteiger partial charge in [-0.15, -0.1) is 0 Å². The van der Waals surface area contributed by atoms with Crippen LogP contribution in [-0.4, -0.2) is 47.7 Å². The van der Waals surface area contributed by atoms with E-state index in [0.29, 0.717) is 0 Å². The molecule has 1 aliphatic rings. The summed E-state index contributed by atoms with van der Waals surface area (Å²) in [6, 6.07) is 3.85. The SMILES string of the molecule is CSC(C)C(=O)Nc1ccc(N2CC(C)OC(C)C2)nc1. The van der Waals surface area contributed by atoms with E-state index >= 15 is 0 Å². The van der Waals surface area contributed by atoms with Crippen molar-refractivity contribution in [3.8, 4) is 0 Å². The molecule has 2 heterocycles. The van der Waals surface area contributed by atoms with Crippen molar-refractivity contribution < 1.29 is 9.53 Å². The summed E-state index contributed by atoms with van der Waals surface area (Å²) in [7, 11) is 0. The van der Waals surface area contributed by atoms with Crippen LogP contribution in [0.2, 0.25) is 0 Å². The number of carbonyl (C=O) groups excluding carboxylic acids is 1. The molecule has 1 aliphatic heterocycles. The lowest BCUT2D eigenvalue weighted by Gasteiger charge is -2.36. The van der Waals surface area contributed by atoms with Gasteiger partial charge in [-0.1, -0.05) is 0 Å². The molecule has 6 heteroatoms. The van der Waals surface area contributed by atoms with E-state index in [2.05, 4.69) is 29.0 Å². The number of nitrogens with zero attached hydrogens (tertiary/aromatic N) is 2. The third-order valence-electron chi connectivity index (χ3n) is 3.48. The van der Waals surface area contributed by atoms with Crippen LogP contribution >= 0.6 is 11.8 Å². The Kier molecular flexibility index (Phi) is 5.47. The minimum absolute atomic E-state index is 0.00525. The zero-order chi connectivity index (χ0) is 15.4. The van der Waals surface area contributed by atoms with Crippen LogP contribution in [0.5, 0.6) is 0 Å². The fourth-order valence-corrected chi connectivity index (χ4v) is 2.64. The molecule has 0 radical (unpaired) electrons. The number of amides is 1. The van der Waals surface area contributed by atoms with Crippen LogP contribution in [0.25, 0.3) is 0 Å². The molecule has 1 aromatic rings. The van der Waals surface area contributed by atoms with E-state index < -0.39 is 0 Å². The Morgan fingerprint density at radius 3 is 2.62 bits per heavy atom. The Morgan fingerprint density at radius 1 is 1.43 bits per heavy atom. The summed E-state index contributed by atoms with van der Waals surface area (Å²) in [5, 5.41) is 2.81. The highest BCUT2D eigenvalue weighted by molar-refractivity contribution is 7.99. The first-order valence-electron chi connectivity index (χ1n) is 7.19. The molecular formula is C15H23N3O2S. The lowest BCUT2D eigenvalue weighted by atomic mass is 10.2. The number of ether oxygens (including phenoxy) is 1. The number of rotatable bonds is 4. The Labute approximate surface area is 130 Å². The molecule has 0 aromatic carbocycles. The van der Waals surface area contributed by atoms with Crippen molar-refractivity contribution in [1.29, 1.82) is 0 Å². The molecule has 1 amide bonds. The first-order chi connectivity index (χ1) is 9.99. The molecule has 0 spiro atoms. The van der Waals surface area contributed by atoms with E-state index in [9.17, 15) is 4.79 Å². The fraction of sp³-hybridized carbons (Fsp3) is 0.600. The number of aromatic nitrogens is 1. The average molecular weight is 309 g/mol. The van der Waals surface area contributed by atoms with Gasteiger partial charge in [0.05, 0.1) is 29.3 Å². The minimum Gasteiger partial charge on any atom is -0.372 e. The van der Waals surface area contributed by atoms with Crippen LogP contribution in [-0.2, 0) is 9.53 Å². The quantitative estimate of drug-likeness (QED) is 0.925. The molecule has 3 atom stereocenters. The Balaban J connectivity index is 2.00. The van der Waals surface area contributed by atoms with E-state index in [1.165, 1.54) is 11.8 Å². The first-order valence-corrected chi connectivity index (χ1v) is 8.48. The molecule has 21 heavy (non-hydrogen) atoms. The molecule has 3 unspecified atom stereocenters. The topological polar surface area (TPSA) is 54.5 Å². The van der Waals surface area contributed by atoms with Crippen LogP contribution < -0.4 is 10.2 Å². The van der Waals surface area contributed by atoms with Gasteiger partial charge in [-0.05, 0) is 39.2 Å². The van der Waals surface area contributed by atoms with Crippen molar-refractivity contribution in [3.05, 3.63) is 18.3 Å². The van der Waals surface area contributed by atoms with Gasteiger partial charge in [0.1, 0.15) is 5.82 Å². The maximum absolute atomic E-state index is 11.8. The highest BCUT2D eigenvalue weighted by Gasteiger charge is 2.23. The summed E-state index contributed by atoms with van der Waals surface area (Å²) in [6.07, 6.45) is 4.05. The Bertz CT molecular complexity index is 470. The zero-order valence-electron chi connectivity index (χ0n) is 13.0. The summed E-state index contributed by atoms with van der Waals surface area (Å²) in [6.45, 7) is 7.71. The average Bonchev–Trinajstić information content (AvgIpc) is 2.46. The molecule has 1 N–H and O–H groups in total. The fourth-order valence-electron chi connectivity index (χ4n) is 2.36. The van der Waals surface area contributed by atoms with Crippen LogP contribution in [0.3, 0.4) is 0 Å². The molecule has 2 rings (SSSR count). The molecule has 116 valence electrons. The molecule has 1 saturated heterocycles. The minimum atomic E-state index is -0.0642. The maximum Gasteiger partial charge on any atom is 0.237 e. The van der Waals surface area contributed by atoms with Crippen LogP contribution in [0.15, 0.2) is 18.3 Å². The normalized spacial score (nSPS) is 23.7. The molecule has 0 saturated carbocycles. The Morgan fingerprint density at radius 2 is 2.10 bits per heavy atom. The van der Waals surface area contributed by atoms with E-state index in [4.69, 9.17) is 4.74 Å². The van der Waals surface area contributed by atoms with Crippen molar-refractivity contribution in [2.75, 3.05) is 29.6 Å². The second kappa shape index (κ2) is 7.13. The smallest absolute Gasteiger partial charge is 0.237 e. The van der Waals surface area contributed by atoms with Gasteiger partial charge in [0.25, 0.3) is 0 Å². The highest BCUT2D eigenvalue weighted by Crippen LogP contribution is 2.20. The highest BCUT2D eigenvalue weighted by atomic mass is 32.2. The number of thioether (sulfide) groups is 1. The van der Waals surface area contributed by atoms with Gasteiger partial charge in [0.15, 0.2) is 0 Å².